The zero-order valence-corrected chi connectivity index (χ0v) is 13.8. The normalized spacial score (nSPS) is 11.9. The molecule has 2 aromatic carbocycles. The van der Waals surface area contributed by atoms with Gasteiger partial charge in [0.25, 0.3) is 11.1 Å². The predicted molar refractivity (Wildman–Crippen MR) is 89.8 cm³/mol. The van der Waals surface area contributed by atoms with Crippen LogP contribution in [0.3, 0.4) is 0 Å². The van der Waals surface area contributed by atoms with Gasteiger partial charge in [-0.3, -0.25) is 0 Å². The van der Waals surface area contributed by atoms with E-state index < -0.39 is 5.82 Å². The van der Waals surface area contributed by atoms with E-state index in [4.69, 9.17) is 4.42 Å². The highest BCUT2D eigenvalue weighted by Crippen LogP contribution is 2.28. The minimum Gasteiger partial charge on any atom is -0.411 e. The van der Waals surface area contributed by atoms with E-state index in [1.165, 1.54) is 23.4 Å². The van der Waals surface area contributed by atoms with Crippen LogP contribution in [0, 0.1) is 24.1 Å². The number of benzene rings is 2. The lowest BCUT2D eigenvalue weighted by Crippen LogP contribution is -2.03. The highest BCUT2D eigenvalue weighted by Gasteiger charge is 2.17. The fraction of sp³-hybridized carbons (Fsp3) is 0.167. The number of nitriles is 1. The van der Waals surface area contributed by atoms with Gasteiger partial charge in [0.1, 0.15) is 11.1 Å². The first-order valence-electron chi connectivity index (χ1n) is 7.36. The van der Waals surface area contributed by atoms with Gasteiger partial charge in [-0.05, 0) is 42.8 Å². The average Bonchev–Trinajstić information content (AvgIpc) is 3.05. The number of halogens is 1. The van der Waals surface area contributed by atoms with Crippen LogP contribution in [0.4, 0.5) is 4.39 Å². The molecule has 0 aliphatic heterocycles. The Labute approximate surface area is 143 Å². The summed E-state index contributed by atoms with van der Waals surface area (Å²) in [6, 6.07) is 16.5. The second-order valence-electron chi connectivity index (χ2n) is 5.28. The summed E-state index contributed by atoms with van der Waals surface area (Å²) in [6.07, 6.45) is 0.568. The second-order valence-corrected chi connectivity index (χ2v) is 6.43. The maximum Gasteiger partial charge on any atom is 0.278 e. The van der Waals surface area contributed by atoms with Gasteiger partial charge < -0.3 is 4.42 Å². The van der Waals surface area contributed by atoms with E-state index in [0.29, 0.717) is 6.42 Å². The van der Waals surface area contributed by atoms with Crippen LogP contribution < -0.4 is 0 Å². The quantitative estimate of drug-likeness (QED) is 0.644. The number of hydrogen-bond donors (Lipinski definition) is 0. The number of aryl methyl sites for hydroxylation is 1. The van der Waals surface area contributed by atoms with E-state index >= 15 is 0 Å². The van der Waals surface area contributed by atoms with Gasteiger partial charge in [0.05, 0.1) is 11.6 Å². The van der Waals surface area contributed by atoms with Crippen molar-refractivity contribution < 1.29 is 8.81 Å². The van der Waals surface area contributed by atoms with Crippen LogP contribution in [0.15, 0.2) is 58.2 Å². The first-order valence-corrected chi connectivity index (χ1v) is 8.24. The predicted octanol–water partition coefficient (Wildman–Crippen LogP) is 4.41. The number of rotatable bonds is 5. The standard InChI is InChI=1S/C18H14FN3OS/c1-12-6-8-13(9-7-12)10-14(11-20)24-18-22-21-17(23-18)15-4-2-3-5-16(15)19/h2-9,14H,10H2,1H3/t14-/m0/s1. The summed E-state index contributed by atoms with van der Waals surface area (Å²) in [7, 11) is 0. The molecule has 1 atom stereocenters. The Bertz CT molecular complexity index is 870. The van der Waals surface area contributed by atoms with Crippen LogP contribution >= 0.6 is 11.8 Å². The molecule has 3 aromatic rings. The zero-order valence-electron chi connectivity index (χ0n) is 12.9. The van der Waals surface area contributed by atoms with Crippen LogP contribution in [0.1, 0.15) is 11.1 Å². The Morgan fingerprint density at radius 2 is 1.92 bits per heavy atom. The van der Waals surface area contributed by atoms with Crippen molar-refractivity contribution >= 4 is 11.8 Å². The van der Waals surface area contributed by atoms with Crippen LogP contribution in [0.25, 0.3) is 11.5 Å². The lowest BCUT2D eigenvalue weighted by atomic mass is 10.1. The number of nitrogens with zero attached hydrogens (tertiary/aromatic N) is 3. The molecule has 0 aliphatic rings. The lowest BCUT2D eigenvalue weighted by Gasteiger charge is -2.06. The van der Waals surface area contributed by atoms with Gasteiger partial charge in [0.15, 0.2) is 0 Å². The molecule has 6 heteroatoms. The Balaban J connectivity index is 1.72. The zero-order chi connectivity index (χ0) is 16.9. The Morgan fingerprint density at radius 3 is 2.62 bits per heavy atom. The molecule has 0 spiro atoms. The first-order chi connectivity index (χ1) is 11.7. The highest BCUT2D eigenvalue weighted by atomic mass is 32.2. The Morgan fingerprint density at radius 1 is 1.17 bits per heavy atom. The van der Waals surface area contributed by atoms with Gasteiger partial charge in [-0.25, -0.2) is 4.39 Å². The van der Waals surface area contributed by atoms with Gasteiger partial charge in [-0.1, -0.05) is 42.0 Å². The fourth-order valence-corrected chi connectivity index (χ4v) is 2.96. The molecule has 0 bridgehead atoms. The topological polar surface area (TPSA) is 62.7 Å². The van der Waals surface area contributed by atoms with E-state index in [-0.39, 0.29) is 21.9 Å². The van der Waals surface area contributed by atoms with Crippen LogP contribution in [-0.4, -0.2) is 15.4 Å². The molecule has 3 rings (SSSR count). The summed E-state index contributed by atoms with van der Waals surface area (Å²) < 4.78 is 19.2. The molecule has 120 valence electrons. The molecule has 0 fully saturated rings. The lowest BCUT2D eigenvalue weighted by molar-refractivity contribution is 0.462. The molecule has 0 radical (unpaired) electrons. The van der Waals surface area contributed by atoms with Crippen LogP contribution in [0.2, 0.25) is 0 Å². The minimum atomic E-state index is -0.422. The van der Waals surface area contributed by atoms with E-state index in [9.17, 15) is 9.65 Å². The van der Waals surface area contributed by atoms with Crippen molar-refractivity contribution in [3.8, 4) is 17.5 Å². The van der Waals surface area contributed by atoms with Crippen molar-refractivity contribution in [1.29, 1.82) is 5.26 Å². The number of aromatic nitrogens is 2. The molecule has 0 N–H and O–H groups in total. The summed E-state index contributed by atoms with van der Waals surface area (Å²) >= 11 is 1.19. The molecule has 0 saturated heterocycles. The molecule has 0 amide bonds. The summed E-state index contributed by atoms with van der Waals surface area (Å²) in [5, 5.41) is 17.0. The van der Waals surface area contributed by atoms with Crippen molar-refractivity contribution in [3.05, 3.63) is 65.5 Å². The molecule has 0 saturated carbocycles. The summed E-state index contributed by atoms with van der Waals surface area (Å²) in [6.45, 7) is 2.02. The molecule has 1 aromatic heterocycles. The Kier molecular flexibility index (Phi) is 4.92. The van der Waals surface area contributed by atoms with Gasteiger partial charge in [-0.2, -0.15) is 5.26 Å². The third-order valence-electron chi connectivity index (χ3n) is 3.44. The van der Waals surface area contributed by atoms with Gasteiger partial charge in [-0.15, -0.1) is 10.2 Å². The van der Waals surface area contributed by atoms with E-state index in [0.717, 1.165) is 5.56 Å². The SMILES string of the molecule is Cc1ccc(C[C@@H](C#N)Sc2nnc(-c3ccccc3F)o2)cc1. The highest BCUT2D eigenvalue weighted by molar-refractivity contribution is 7.99. The third kappa shape index (κ3) is 3.81. The molecule has 0 unspecified atom stereocenters. The second kappa shape index (κ2) is 7.28. The van der Waals surface area contributed by atoms with E-state index in [1.54, 1.807) is 18.2 Å². The molecule has 1 heterocycles. The summed E-state index contributed by atoms with van der Waals surface area (Å²) in [5.74, 6) is -0.309. The molecular weight excluding hydrogens is 325 g/mol. The monoisotopic (exact) mass is 339 g/mol. The summed E-state index contributed by atoms with van der Waals surface area (Å²) in [5.41, 5.74) is 2.49. The minimum absolute atomic E-state index is 0.114. The maximum atomic E-state index is 13.7. The first kappa shape index (κ1) is 16.2. The van der Waals surface area contributed by atoms with Crippen molar-refractivity contribution in [2.75, 3.05) is 0 Å². The number of hydrogen-bond acceptors (Lipinski definition) is 5. The van der Waals surface area contributed by atoms with Crippen molar-refractivity contribution in [2.24, 2.45) is 0 Å². The van der Waals surface area contributed by atoms with E-state index in [2.05, 4.69) is 16.3 Å². The Hall–Kier alpha value is -2.65. The molecular formula is C18H14FN3OS. The summed E-state index contributed by atoms with van der Waals surface area (Å²) in [4.78, 5) is 0. The van der Waals surface area contributed by atoms with Crippen molar-refractivity contribution in [1.82, 2.24) is 10.2 Å². The smallest absolute Gasteiger partial charge is 0.278 e. The third-order valence-corrected chi connectivity index (χ3v) is 4.36. The van der Waals surface area contributed by atoms with Gasteiger partial charge in [0, 0.05) is 0 Å². The van der Waals surface area contributed by atoms with Crippen LogP contribution in [-0.2, 0) is 6.42 Å². The van der Waals surface area contributed by atoms with Gasteiger partial charge in [0.2, 0.25) is 0 Å². The average molecular weight is 339 g/mol. The largest absolute Gasteiger partial charge is 0.411 e. The number of thioether (sulfide) groups is 1. The molecule has 0 aliphatic carbocycles. The molecule has 4 nitrogen and oxygen atoms in total. The van der Waals surface area contributed by atoms with Crippen molar-refractivity contribution in [3.63, 3.8) is 0 Å². The molecule has 24 heavy (non-hydrogen) atoms. The van der Waals surface area contributed by atoms with Gasteiger partial charge >= 0.3 is 0 Å². The van der Waals surface area contributed by atoms with Crippen LogP contribution in [0.5, 0.6) is 0 Å². The van der Waals surface area contributed by atoms with E-state index in [1.807, 2.05) is 31.2 Å². The fourth-order valence-electron chi connectivity index (χ4n) is 2.17. The maximum absolute atomic E-state index is 13.7. The van der Waals surface area contributed by atoms with Crippen molar-refractivity contribution in [2.45, 2.75) is 23.8 Å².